The van der Waals surface area contributed by atoms with E-state index < -0.39 is 5.97 Å². The van der Waals surface area contributed by atoms with Gasteiger partial charge in [-0.05, 0) is 49.4 Å². The zero-order valence-electron chi connectivity index (χ0n) is 14.0. The lowest BCUT2D eigenvalue weighted by molar-refractivity contribution is 0.0526. The number of hydrogen-bond acceptors (Lipinski definition) is 4. The third-order valence-corrected chi connectivity index (χ3v) is 3.82. The van der Waals surface area contributed by atoms with Crippen LogP contribution in [0, 0.1) is 0 Å². The van der Waals surface area contributed by atoms with Crippen molar-refractivity contribution in [3.8, 4) is 5.69 Å². The van der Waals surface area contributed by atoms with Crippen molar-refractivity contribution < 1.29 is 14.3 Å². The number of rotatable bonds is 5. The van der Waals surface area contributed by atoms with Gasteiger partial charge in [-0.1, -0.05) is 17.7 Å². The van der Waals surface area contributed by atoms with E-state index >= 15 is 0 Å². The van der Waals surface area contributed by atoms with Crippen LogP contribution in [0.4, 0.5) is 5.69 Å². The molecule has 0 spiro atoms. The third kappa shape index (κ3) is 4.10. The van der Waals surface area contributed by atoms with E-state index in [1.807, 2.05) is 0 Å². The van der Waals surface area contributed by atoms with Crippen molar-refractivity contribution >= 4 is 29.2 Å². The van der Waals surface area contributed by atoms with Gasteiger partial charge in [0, 0.05) is 16.9 Å². The summed E-state index contributed by atoms with van der Waals surface area (Å²) in [5.74, 6) is -0.759. The molecule has 0 bridgehead atoms. The second-order valence-corrected chi connectivity index (χ2v) is 5.84. The van der Waals surface area contributed by atoms with Crippen molar-refractivity contribution in [3.05, 3.63) is 77.1 Å². The first-order chi connectivity index (χ1) is 12.6. The highest BCUT2D eigenvalue weighted by molar-refractivity contribution is 6.30. The lowest BCUT2D eigenvalue weighted by atomic mass is 10.2. The highest BCUT2D eigenvalue weighted by atomic mass is 35.5. The predicted molar refractivity (Wildman–Crippen MR) is 98.9 cm³/mol. The van der Waals surface area contributed by atoms with Gasteiger partial charge in [-0.3, -0.25) is 4.79 Å². The van der Waals surface area contributed by atoms with Crippen LogP contribution in [0.3, 0.4) is 0 Å². The molecule has 2 aromatic carbocycles. The molecular weight excluding hydrogens is 354 g/mol. The minimum absolute atomic E-state index is 0.291. The fraction of sp³-hybridized carbons (Fsp3) is 0.105. The molecule has 0 saturated carbocycles. The number of hydrogen-bond donors (Lipinski definition) is 1. The van der Waals surface area contributed by atoms with E-state index in [1.165, 1.54) is 6.20 Å². The van der Waals surface area contributed by atoms with Crippen molar-refractivity contribution in [1.82, 2.24) is 9.78 Å². The Bertz CT molecular complexity index is 935. The molecule has 3 aromatic rings. The monoisotopic (exact) mass is 369 g/mol. The van der Waals surface area contributed by atoms with Gasteiger partial charge in [-0.25, -0.2) is 9.48 Å². The molecule has 26 heavy (non-hydrogen) atoms. The quantitative estimate of drug-likeness (QED) is 0.691. The first-order valence-electron chi connectivity index (χ1n) is 7.96. The van der Waals surface area contributed by atoms with Crippen LogP contribution in [0.15, 0.2) is 60.9 Å². The Morgan fingerprint density at radius 3 is 2.65 bits per heavy atom. The number of aromatic nitrogens is 2. The largest absolute Gasteiger partial charge is 0.462 e. The summed E-state index contributed by atoms with van der Waals surface area (Å²) in [5, 5.41) is 7.56. The zero-order chi connectivity index (χ0) is 18.5. The number of anilines is 1. The Hall–Kier alpha value is -3.12. The van der Waals surface area contributed by atoms with Gasteiger partial charge < -0.3 is 10.1 Å². The summed E-state index contributed by atoms with van der Waals surface area (Å²) in [6, 6.07) is 13.7. The number of halogens is 1. The van der Waals surface area contributed by atoms with Gasteiger partial charge in [0.25, 0.3) is 5.91 Å². The summed E-state index contributed by atoms with van der Waals surface area (Å²) in [5.41, 5.74) is 2.06. The molecule has 1 aromatic heterocycles. The van der Waals surface area contributed by atoms with Gasteiger partial charge in [0.1, 0.15) is 0 Å². The van der Waals surface area contributed by atoms with Crippen LogP contribution in [0.25, 0.3) is 5.69 Å². The number of ether oxygens (including phenoxy) is 1. The number of benzene rings is 2. The molecule has 0 aliphatic rings. The maximum absolute atomic E-state index is 12.4. The van der Waals surface area contributed by atoms with Crippen LogP contribution >= 0.6 is 11.6 Å². The van der Waals surface area contributed by atoms with Crippen LogP contribution in [0.2, 0.25) is 5.02 Å². The van der Waals surface area contributed by atoms with Crippen molar-refractivity contribution in [3.63, 3.8) is 0 Å². The average molecular weight is 370 g/mol. The molecule has 0 radical (unpaired) electrons. The Morgan fingerprint density at radius 1 is 1.15 bits per heavy atom. The lowest BCUT2D eigenvalue weighted by Gasteiger charge is -2.06. The summed E-state index contributed by atoms with van der Waals surface area (Å²) in [6.07, 6.45) is 3.09. The number of carbonyl (C=O) groups is 2. The van der Waals surface area contributed by atoms with Crippen LogP contribution in [-0.4, -0.2) is 28.3 Å². The Morgan fingerprint density at radius 2 is 1.92 bits per heavy atom. The fourth-order valence-corrected chi connectivity index (χ4v) is 2.44. The van der Waals surface area contributed by atoms with Gasteiger partial charge in [-0.15, -0.1) is 0 Å². The number of nitrogens with one attached hydrogen (secondary N) is 1. The topological polar surface area (TPSA) is 73.2 Å². The minimum Gasteiger partial charge on any atom is -0.462 e. The molecule has 0 aliphatic carbocycles. The van der Waals surface area contributed by atoms with E-state index in [0.717, 1.165) is 5.69 Å². The summed E-state index contributed by atoms with van der Waals surface area (Å²) >= 11 is 5.87. The molecule has 132 valence electrons. The van der Waals surface area contributed by atoms with Gasteiger partial charge in [0.05, 0.1) is 29.6 Å². The number of nitrogens with zero attached hydrogens (tertiary/aromatic N) is 2. The van der Waals surface area contributed by atoms with Gasteiger partial charge >= 0.3 is 5.97 Å². The molecule has 0 unspecified atom stereocenters. The van der Waals surface area contributed by atoms with Crippen LogP contribution < -0.4 is 5.32 Å². The van der Waals surface area contributed by atoms with Crippen LogP contribution in [0.1, 0.15) is 27.6 Å². The van der Waals surface area contributed by atoms with Crippen LogP contribution in [-0.2, 0) is 4.74 Å². The standard InChI is InChI=1S/C19H16ClN3O3/c1-2-26-19(25)13-4-3-5-16(10-13)22-18(24)14-11-21-23(12-14)17-8-6-15(20)7-9-17/h3-12H,2H2,1H3,(H,22,24). The van der Waals surface area contributed by atoms with E-state index in [0.29, 0.717) is 28.4 Å². The van der Waals surface area contributed by atoms with Crippen molar-refractivity contribution in [2.75, 3.05) is 11.9 Å². The normalized spacial score (nSPS) is 10.4. The van der Waals surface area contributed by atoms with Crippen molar-refractivity contribution in [2.24, 2.45) is 0 Å². The number of amides is 1. The first kappa shape index (κ1) is 17.7. The van der Waals surface area contributed by atoms with E-state index in [9.17, 15) is 9.59 Å². The molecule has 0 aliphatic heterocycles. The van der Waals surface area contributed by atoms with E-state index in [4.69, 9.17) is 16.3 Å². The average Bonchev–Trinajstić information content (AvgIpc) is 3.13. The fourth-order valence-electron chi connectivity index (χ4n) is 2.32. The molecule has 7 heteroatoms. The molecular formula is C19H16ClN3O3. The van der Waals surface area contributed by atoms with E-state index in [2.05, 4.69) is 10.4 Å². The van der Waals surface area contributed by atoms with Crippen LogP contribution in [0.5, 0.6) is 0 Å². The third-order valence-electron chi connectivity index (χ3n) is 3.57. The molecule has 1 amide bonds. The summed E-state index contributed by atoms with van der Waals surface area (Å²) in [6.45, 7) is 2.03. The molecule has 1 heterocycles. The van der Waals surface area contributed by atoms with Crippen molar-refractivity contribution in [1.29, 1.82) is 0 Å². The molecule has 0 saturated heterocycles. The minimum atomic E-state index is -0.431. The highest BCUT2D eigenvalue weighted by Crippen LogP contribution is 2.16. The summed E-state index contributed by atoms with van der Waals surface area (Å²) < 4.78 is 6.54. The highest BCUT2D eigenvalue weighted by Gasteiger charge is 2.12. The van der Waals surface area contributed by atoms with Crippen molar-refractivity contribution in [2.45, 2.75) is 6.92 Å². The van der Waals surface area contributed by atoms with Gasteiger partial charge in [0.2, 0.25) is 0 Å². The Balaban J connectivity index is 1.74. The van der Waals surface area contributed by atoms with E-state index in [1.54, 1.807) is 66.3 Å². The second kappa shape index (κ2) is 7.84. The smallest absolute Gasteiger partial charge is 0.338 e. The van der Waals surface area contributed by atoms with Gasteiger partial charge in [0.15, 0.2) is 0 Å². The van der Waals surface area contributed by atoms with Gasteiger partial charge in [-0.2, -0.15) is 5.10 Å². The lowest BCUT2D eigenvalue weighted by Crippen LogP contribution is -2.12. The predicted octanol–water partition coefficient (Wildman–Crippen LogP) is 3.95. The maximum Gasteiger partial charge on any atom is 0.338 e. The molecule has 6 nitrogen and oxygen atoms in total. The SMILES string of the molecule is CCOC(=O)c1cccc(NC(=O)c2cnn(-c3ccc(Cl)cc3)c2)c1. The number of carbonyl (C=O) groups excluding carboxylic acids is 2. The maximum atomic E-state index is 12.4. The molecule has 1 N–H and O–H groups in total. The molecule has 0 fully saturated rings. The molecule has 3 rings (SSSR count). The number of esters is 1. The second-order valence-electron chi connectivity index (χ2n) is 5.41. The zero-order valence-corrected chi connectivity index (χ0v) is 14.7. The molecule has 0 atom stereocenters. The Labute approximate surface area is 155 Å². The Kier molecular flexibility index (Phi) is 5.34. The summed E-state index contributed by atoms with van der Waals surface area (Å²) in [7, 11) is 0. The summed E-state index contributed by atoms with van der Waals surface area (Å²) in [4.78, 5) is 24.2. The first-order valence-corrected chi connectivity index (χ1v) is 8.34. The van der Waals surface area contributed by atoms with E-state index in [-0.39, 0.29) is 5.91 Å².